The Hall–Kier alpha value is -3.28. The van der Waals surface area contributed by atoms with Crippen LogP contribution in [0.2, 0.25) is 0 Å². The van der Waals surface area contributed by atoms with Gasteiger partial charge in [0.05, 0.1) is 12.8 Å². The van der Waals surface area contributed by atoms with Crippen LogP contribution in [0.5, 0.6) is 5.75 Å². The van der Waals surface area contributed by atoms with Crippen LogP contribution >= 0.6 is 0 Å². The number of benzene rings is 2. The van der Waals surface area contributed by atoms with E-state index in [2.05, 4.69) is 29.2 Å². The van der Waals surface area contributed by atoms with Crippen LogP contribution in [0.1, 0.15) is 55.3 Å². The van der Waals surface area contributed by atoms with E-state index in [0.717, 1.165) is 59.2 Å². The van der Waals surface area contributed by atoms with E-state index in [-0.39, 0.29) is 30.3 Å². The van der Waals surface area contributed by atoms with Crippen molar-refractivity contribution in [2.24, 2.45) is 0 Å². The van der Waals surface area contributed by atoms with Gasteiger partial charge in [-0.15, -0.1) is 0 Å². The van der Waals surface area contributed by atoms with Gasteiger partial charge >= 0.3 is 0 Å². The number of methoxy groups -OCH3 is 1. The number of hydrogen-bond donors (Lipinski definition) is 1. The number of nitrogens with one attached hydrogen (secondary N) is 1. The number of para-hydroxylation sites is 1. The Bertz CT molecular complexity index is 1240. The minimum absolute atomic E-state index is 0.0232. The number of carbonyl (C=O) groups is 2. The zero-order valence-electron chi connectivity index (χ0n) is 19.1. The lowest BCUT2D eigenvalue weighted by atomic mass is 9.76. The van der Waals surface area contributed by atoms with Gasteiger partial charge in [-0.25, -0.2) is 0 Å². The number of carbonyl (C=O) groups excluding carboxylic acids is 2. The topological polar surface area (TPSA) is 65.6 Å². The first-order valence-electron chi connectivity index (χ1n) is 11.9. The second-order valence-corrected chi connectivity index (χ2v) is 9.73. The van der Waals surface area contributed by atoms with Crippen LogP contribution in [0.4, 0.5) is 0 Å². The normalized spacial score (nSPS) is 25.5. The number of hydrogen-bond acceptors (Lipinski definition) is 3. The maximum Gasteiger partial charge on any atom is 0.255 e. The highest BCUT2D eigenvalue weighted by atomic mass is 16.5. The van der Waals surface area contributed by atoms with Gasteiger partial charge in [-0.2, -0.15) is 0 Å². The number of rotatable bonds is 3. The summed E-state index contributed by atoms with van der Waals surface area (Å²) in [5.74, 6) is 0.863. The van der Waals surface area contributed by atoms with Crippen LogP contribution in [-0.4, -0.2) is 52.8 Å². The zero-order valence-corrected chi connectivity index (χ0v) is 19.1. The Morgan fingerprint density at radius 1 is 1.03 bits per heavy atom. The van der Waals surface area contributed by atoms with E-state index in [4.69, 9.17) is 4.74 Å². The number of aromatic amines is 1. The lowest BCUT2D eigenvalue weighted by molar-refractivity contribution is -0.168. The molecule has 3 aliphatic rings. The summed E-state index contributed by atoms with van der Waals surface area (Å²) in [5, 5.41) is 1.12. The molecule has 6 nitrogen and oxygen atoms in total. The smallest absolute Gasteiger partial charge is 0.255 e. The first-order valence-corrected chi connectivity index (χ1v) is 11.9. The fourth-order valence-electron chi connectivity index (χ4n) is 6.28. The molecular weight excluding hydrogens is 414 g/mol. The summed E-state index contributed by atoms with van der Waals surface area (Å²) in [4.78, 5) is 34.9. The first kappa shape index (κ1) is 20.3. The Morgan fingerprint density at radius 2 is 1.76 bits per heavy atom. The van der Waals surface area contributed by atoms with Crippen LogP contribution in [0, 0.1) is 0 Å². The van der Waals surface area contributed by atoms with Crippen molar-refractivity contribution in [1.29, 1.82) is 0 Å². The molecule has 3 heterocycles. The number of ether oxygens (including phenoxy) is 1. The Kier molecular flexibility index (Phi) is 4.54. The van der Waals surface area contributed by atoms with Crippen LogP contribution in [0.25, 0.3) is 10.9 Å². The number of H-pyrrole nitrogens is 1. The van der Waals surface area contributed by atoms with Crippen molar-refractivity contribution >= 4 is 22.7 Å². The van der Waals surface area contributed by atoms with Gasteiger partial charge in [-0.1, -0.05) is 43.2 Å². The van der Waals surface area contributed by atoms with Crippen LogP contribution in [0.15, 0.2) is 48.5 Å². The van der Waals surface area contributed by atoms with Gasteiger partial charge < -0.3 is 19.5 Å². The third kappa shape index (κ3) is 2.86. The molecule has 2 amide bonds. The molecule has 1 aromatic heterocycles. The molecule has 0 bridgehead atoms. The number of piperazine rings is 1. The summed E-state index contributed by atoms with van der Waals surface area (Å²) in [6, 6.07) is 16.4. The maximum absolute atomic E-state index is 14.1. The molecule has 6 heteroatoms. The van der Waals surface area contributed by atoms with Gasteiger partial charge in [0.25, 0.3) is 5.91 Å². The molecule has 2 atom stereocenters. The van der Waals surface area contributed by atoms with Crippen LogP contribution in [-0.2, 0) is 15.1 Å². The van der Waals surface area contributed by atoms with Crippen LogP contribution in [0.3, 0.4) is 0 Å². The van der Waals surface area contributed by atoms with Crippen molar-refractivity contribution in [3.63, 3.8) is 0 Å². The van der Waals surface area contributed by atoms with Crippen molar-refractivity contribution in [1.82, 2.24) is 14.8 Å². The molecule has 1 unspecified atom stereocenters. The molecule has 1 saturated carbocycles. The van der Waals surface area contributed by atoms with E-state index >= 15 is 0 Å². The summed E-state index contributed by atoms with van der Waals surface area (Å²) in [6.45, 7) is 2.61. The van der Waals surface area contributed by atoms with Gasteiger partial charge in [-0.05, 0) is 49.1 Å². The number of amides is 2. The predicted octanol–water partition coefficient (Wildman–Crippen LogP) is 4.15. The molecule has 0 spiro atoms. The van der Waals surface area contributed by atoms with Gasteiger partial charge in [0.15, 0.2) is 5.54 Å². The van der Waals surface area contributed by atoms with Gasteiger partial charge in [0.2, 0.25) is 5.91 Å². The maximum atomic E-state index is 14.1. The molecule has 2 aromatic carbocycles. The van der Waals surface area contributed by atoms with E-state index in [1.165, 1.54) is 0 Å². The summed E-state index contributed by atoms with van der Waals surface area (Å²) in [5.41, 5.74) is 3.08. The second kappa shape index (κ2) is 7.37. The molecule has 33 heavy (non-hydrogen) atoms. The standard InChI is InChI=1S/C27H29N3O3/c1-27-25-24(20-9-5-6-10-22(20)28-25)21(17-11-13-19(33-2)14-12-17)15-30(27)23(31)16-29(26(27)32)18-7-3-4-8-18/h5-6,9-14,18,21,28H,3-4,7-8,15-16H2,1-2H3/t21?,27-/m0/s1. The van der Waals surface area contributed by atoms with E-state index < -0.39 is 5.54 Å². The van der Waals surface area contributed by atoms with Crippen LogP contribution < -0.4 is 4.74 Å². The fourth-order valence-corrected chi connectivity index (χ4v) is 6.28. The summed E-state index contributed by atoms with van der Waals surface area (Å²) >= 11 is 0. The minimum atomic E-state index is -1.02. The van der Waals surface area contributed by atoms with Gasteiger partial charge in [-0.3, -0.25) is 9.59 Å². The lowest BCUT2D eigenvalue weighted by Crippen LogP contribution is -2.68. The highest BCUT2D eigenvalue weighted by Gasteiger charge is 2.57. The predicted molar refractivity (Wildman–Crippen MR) is 126 cm³/mol. The van der Waals surface area contributed by atoms with Crippen molar-refractivity contribution in [3.8, 4) is 5.75 Å². The fraction of sp³-hybridized carbons (Fsp3) is 0.407. The number of aromatic nitrogens is 1. The van der Waals surface area contributed by atoms with E-state index in [1.807, 2.05) is 41.0 Å². The molecule has 3 aromatic rings. The largest absolute Gasteiger partial charge is 0.497 e. The summed E-state index contributed by atoms with van der Waals surface area (Å²) in [7, 11) is 1.66. The Morgan fingerprint density at radius 3 is 2.48 bits per heavy atom. The number of nitrogens with zero attached hydrogens (tertiary/aromatic N) is 2. The van der Waals surface area contributed by atoms with E-state index in [1.54, 1.807) is 7.11 Å². The molecule has 2 fully saturated rings. The van der Waals surface area contributed by atoms with E-state index in [9.17, 15) is 9.59 Å². The SMILES string of the molecule is COc1ccc(C2CN3C(=O)CN(C4CCCC4)C(=O)[C@]3(C)c3[nH]c4ccccc4c32)cc1. The second-order valence-electron chi connectivity index (χ2n) is 9.73. The Labute approximate surface area is 193 Å². The molecule has 0 radical (unpaired) electrons. The quantitative estimate of drug-likeness (QED) is 0.661. The molecule has 1 saturated heterocycles. The molecular formula is C27H29N3O3. The first-order chi connectivity index (χ1) is 16.0. The third-order valence-corrected chi connectivity index (χ3v) is 8.05. The minimum Gasteiger partial charge on any atom is -0.497 e. The molecule has 1 N–H and O–H groups in total. The average molecular weight is 444 g/mol. The van der Waals surface area contributed by atoms with Crippen molar-refractivity contribution in [2.45, 2.75) is 50.1 Å². The van der Waals surface area contributed by atoms with E-state index in [0.29, 0.717) is 6.54 Å². The molecule has 6 rings (SSSR count). The lowest BCUT2D eigenvalue weighted by Gasteiger charge is -2.52. The molecule has 170 valence electrons. The monoisotopic (exact) mass is 443 g/mol. The molecule has 2 aliphatic heterocycles. The highest BCUT2D eigenvalue weighted by Crippen LogP contribution is 2.48. The zero-order chi connectivity index (χ0) is 22.7. The molecule has 1 aliphatic carbocycles. The van der Waals surface area contributed by atoms with Gasteiger partial charge in [0.1, 0.15) is 12.3 Å². The Balaban J connectivity index is 1.54. The summed E-state index contributed by atoms with van der Waals surface area (Å²) < 4.78 is 5.35. The van der Waals surface area contributed by atoms with Gasteiger partial charge in [0, 0.05) is 29.4 Å². The number of fused-ring (bicyclic) bond motifs is 5. The third-order valence-electron chi connectivity index (χ3n) is 8.05. The van der Waals surface area contributed by atoms with Crippen molar-refractivity contribution in [2.75, 3.05) is 20.2 Å². The average Bonchev–Trinajstić information content (AvgIpc) is 3.51. The van der Waals surface area contributed by atoms with Crippen molar-refractivity contribution in [3.05, 3.63) is 65.4 Å². The highest BCUT2D eigenvalue weighted by molar-refractivity contribution is 6.01. The van der Waals surface area contributed by atoms with Crippen molar-refractivity contribution < 1.29 is 14.3 Å². The summed E-state index contributed by atoms with van der Waals surface area (Å²) in [6.07, 6.45) is 4.23.